The summed E-state index contributed by atoms with van der Waals surface area (Å²) in [6.07, 6.45) is 5.91. The summed E-state index contributed by atoms with van der Waals surface area (Å²) in [5.74, 6) is 0.197. The fourth-order valence-electron chi connectivity index (χ4n) is 1.96. The van der Waals surface area contributed by atoms with Crippen LogP contribution in [-0.4, -0.2) is 23.5 Å². The lowest BCUT2D eigenvalue weighted by Gasteiger charge is -2.10. The summed E-state index contributed by atoms with van der Waals surface area (Å²) in [6, 6.07) is 5.90. The van der Waals surface area contributed by atoms with Gasteiger partial charge in [-0.25, -0.2) is 0 Å². The lowest BCUT2D eigenvalue weighted by atomic mass is 10.1. The number of rotatable bonds is 1. The van der Waals surface area contributed by atoms with Crippen LogP contribution in [0.2, 0.25) is 0 Å². The first kappa shape index (κ1) is 15.7. The number of aliphatic hydroxyl groups excluding tert-OH is 1. The van der Waals surface area contributed by atoms with E-state index in [1.807, 2.05) is 36.4 Å². The number of halogens is 3. The second-order valence-corrected chi connectivity index (χ2v) is 9.57. The summed E-state index contributed by atoms with van der Waals surface area (Å²) in [5, 5.41) is 19.4. The van der Waals surface area contributed by atoms with E-state index in [4.69, 9.17) is 0 Å². The molecule has 0 saturated heterocycles. The molecule has 7 heteroatoms. The van der Waals surface area contributed by atoms with Crippen molar-refractivity contribution >= 4 is 84.5 Å². The van der Waals surface area contributed by atoms with Crippen LogP contribution in [0.1, 0.15) is 6.92 Å². The highest BCUT2D eigenvalue weighted by atomic mass is 127. The van der Waals surface area contributed by atoms with Gasteiger partial charge >= 0.3 is 0 Å². The zero-order valence-electron chi connectivity index (χ0n) is 10.9. The van der Waals surface area contributed by atoms with Crippen molar-refractivity contribution in [1.29, 1.82) is 0 Å². The fourth-order valence-corrected chi connectivity index (χ4v) is 4.45. The number of alkyl halides is 1. The molecule has 3 rings (SSSR count). The van der Waals surface area contributed by atoms with Gasteiger partial charge in [0.05, 0.1) is 7.00 Å². The predicted octanol–water partition coefficient (Wildman–Crippen LogP) is 4.84. The minimum absolute atomic E-state index is 0.147. The van der Waals surface area contributed by atoms with Crippen LogP contribution >= 0.6 is 67.8 Å². The van der Waals surface area contributed by atoms with Crippen LogP contribution in [-0.2, 0) is 0 Å². The first-order valence-corrected chi connectivity index (χ1v) is 9.32. The van der Waals surface area contributed by atoms with E-state index in [2.05, 4.69) is 84.9 Å². The van der Waals surface area contributed by atoms with E-state index < -0.39 is 0 Å². The molecule has 1 N–H and O–H groups in total. The van der Waals surface area contributed by atoms with Crippen LogP contribution < -0.4 is 0 Å². The summed E-state index contributed by atoms with van der Waals surface area (Å²) < 4.78 is 1.75. The molecule has 21 heavy (non-hydrogen) atoms. The molecule has 1 unspecified atom stereocenters. The lowest BCUT2D eigenvalue weighted by Crippen LogP contribution is -2.06. The van der Waals surface area contributed by atoms with Crippen LogP contribution in [0.4, 0.5) is 0 Å². The third-order valence-electron chi connectivity index (χ3n) is 3.00. The van der Waals surface area contributed by atoms with Gasteiger partial charge in [0, 0.05) is 3.57 Å². The Balaban J connectivity index is 2.17. The number of nitrogens with zero attached hydrogens (tertiary/aromatic N) is 3. The molecule has 4 nitrogen and oxygen atoms in total. The van der Waals surface area contributed by atoms with E-state index >= 15 is 0 Å². The number of aliphatic hydroxyl groups is 1. The molecular weight excluding hydrogens is 607 g/mol. The predicted molar refractivity (Wildman–Crippen MR) is 110 cm³/mol. The van der Waals surface area contributed by atoms with Gasteiger partial charge in [0.1, 0.15) is 16.7 Å². The first-order chi connectivity index (χ1) is 9.85. The number of fused-ring (bicyclic) bond motifs is 1. The Morgan fingerprint density at radius 2 is 1.90 bits per heavy atom. The van der Waals surface area contributed by atoms with E-state index in [0.717, 1.165) is 18.2 Å². The minimum Gasteiger partial charge on any atom is -0.505 e. The summed E-state index contributed by atoms with van der Waals surface area (Å²) in [4.78, 5) is 1.50. The van der Waals surface area contributed by atoms with Gasteiger partial charge in [-0.05, 0) is 82.5 Å². The lowest BCUT2D eigenvalue weighted by molar-refractivity contribution is 0.429. The molecule has 0 amide bonds. The first-order valence-electron chi connectivity index (χ1n) is 6.09. The summed E-state index contributed by atoms with van der Waals surface area (Å²) in [6.45, 7) is 2.08. The quantitative estimate of drug-likeness (QED) is 0.369. The van der Waals surface area contributed by atoms with Gasteiger partial charge in [-0.1, -0.05) is 28.7 Å². The van der Waals surface area contributed by atoms with Gasteiger partial charge in [-0.3, -0.25) is 0 Å². The van der Waals surface area contributed by atoms with Gasteiger partial charge in [-0.15, -0.1) is 15.0 Å². The number of aromatic nitrogens is 3. The molecule has 1 heterocycles. The van der Waals surface area contributed by atoms with Crippen LogP contribution in [0, 0.1) is 3.57 Å². The second kappa shape index (κ2) is 5.80. The molecule has 108 valence electrons. The summed E-state index contributed by atoms with van der Waals surface area (Å²) in [7, 11) is 0. The van der Waals surface area contributed by atoms with Crippen molar-refractivity contribution in [3.05, 3.63) is 49.3 Å². The number of hydrogen-bond acceptors (Lipinski definition) is 3. The van der Waals surface area contributed by atoms with E-state index in [-0.39, 0.29) is 9.18 Å². The minimum atomic E-state index is -0.147. The van der Waals surface area contributed by atoms with Gasteiger partial charge in [0.15, 0.2) is 5.76 Å². The molecule has 1 aromatic carbocycles. The van der Waals surface area contributed by atoms with Crippen molar-refractivity contribution in [2.45, 2.75) is 10.3 Å². The Morgan fingerprint density at radius 3 is 2.67 bits per heavy atom. The molecule has 0 fully saturated rings. The maximum Gasteiger partial charge on any atom is 0.156 e. The topological polar surface area (TPSA) is 50.9 Å². The summed E-state index contributed by atoms with van der Waals surface area (Å²) >= 11 is 6.71. The normalized spacial score (nSPS) is 22.6. The highest BCUT2D eigenvalue weighted by molar-refractivity contribution is 14.1. The maximum atomic E-state index is 10.4. The molecule has 1 aliphatic carbocycles. The molecule has 0 saturated carbocycles. The standard InChI is InChI=1S/C14H10I3N3O/c1-14(17)5-4-12(13(21)9(16)7-14)20-18-10-3-2-8(15)6-11(10)19-20/h2-7,21H,1H3. The Morgan fingerprint density at radius 1 is 1.19 bits per heavy atom. The molecule has 1 aliphatic rings. The van der Waals surface area contributed by atoms with Crippen molar-refractivity contribution in [3.63, 3.8) is 0 Å². The van der Waals surface area contributed by atoms with Gasteiger partial charge < -0.3 is 5.11 Å². The Bertz CT molecular complexity index is 818. The molecule has 0 aliphatic heterocycles. The van der Waals surface area contributed by atoms with E-state index in [1.54, 1.807) is 0 Å². The second-order valence-electron chi connectivity index (χ2n) is 4.83. The van der Waals surface area contributed by atoms with E-state index in [0.29, 0.717) is 5.70 Å². The van der Waals surface area contributed by atoms with Crippen LogP contribution in [0.25, 0.3) is 16.7 Å². The Kier molecular flexibility index (Phi) is 4.34. The Hall–Kier alpha value is -0.170. The largest absolute Gasteiger partial charge is 0.505 e. The van der Waals surface area contributed by atoms with E-state index in [9.17, 15) is 5.11 Å². The third kappa shape index (κ3) is 3.28. The average molecular weight is 617 g/mol. The molecule has 1 atom stereocenters. The molecule has 2 aromatic rings. The maximum absolute atomic E-state index is 10.4. The smallest absolute Gasteiger partial charge is 0.156 e. The van der Waals surface area contributed by atoms with Crippen molar-refractivity contribution in [1.82, 2.24) is 15.0 Å². The molecular formula is C14H10I3N3O. The van der Waals surface area contributed by atoms with Crippen molar-refractivity contribution in [3.8, 4) is 0 Å². The highest BCUT2D eigenvalue weighted by Gasteiger charge is 2.22. The van der Waals surface area contributed by atoms with Gasteiger partial charge in [0.2, 0.25) is 0 Å². The molecule has 1 aromatic heterocycles. The molecule has 0 bridgehead atoms. The monoisotopic (exact) mass is 617 g/mol. The summed E-state index contributed by atoms with van der Waals surface area (Å²) in [5.41, 5.74) is 2.21. The van der Waals surface area contributed by atoms with Gasteiger partial charge in [0.25, 0.3) is 0 Å². The fraction of sp³-hybridized carbons (Fsp3) is 0.143. The van der Waals surface area contributed by atoms with Crippen LogP contribution in [0.15, 0.2) is 45.8 Å². The van der Waals surface area contributed by atoms with Gasteiger partial charge in [-0.2, -0.15) is 0 Å². The number of allylic oxidation sites excluding steroid dienone is 5. The Labute approximate surface area is 162 Å². The van der Waals surface area contributed by atoms with Crippen molar-refractivity contribution < 1.29 is 5.11 Å². The van der Waals surface area contributed by atoms with Crippen molar-refractivity contribution in [2.75, 3.05) is 0 Å². The molecule has 0 spiro atoms. The zero-order chi connectivity index (χ0) is 15.2. The number of hydrogen-bond donors (Lipinski definition) is 1. The number of benzene rings is 1. The molecule has 0 radical (unpaired) electrons. The van der Waals surface area contributed by atoms with E-state index in [1.165, 1.54) is 4.80 Å². The average Bonchev–Trinajstić information content (AvgIpc) is 2.76. The highest BCUT2D eigenvalue weighted by Crippen LogP contribution is 2.34. The SMILES string of the molecule is CC1(I)C=CC(n2nc3ccc(I)cc3n2)=C(O)C(I)=C1. The van der Waals surface area contributed by atoms with Crippen LogP contribution in [0.3, 0.4) is 0 Å². The zero-order valence-corrected chi connectivity index (χ0v) is 17.4. The van der Waals surface area contributed by atoms with Crippen LogP contribution in [0.5, 0.6) is 0 Å². The van der Waals surface area contributed by atoms with Crippen molar-refractivity contribution in [2.24, 2.45) is 0 Å². The third-order valence-corrected chi connectivity index (χ3v) is 5.17.